The second-order valence-corrected chi connectivity index (χ2v) is 8.24. The monoisotopic (exact) mass is 435 g/mol. The molecule has 0 spiro atoms. The van der Waals surface area contributed by atoms with Gasteiger partial charge in [0.15, 0.2) is 0 Å². The van der Waals surface area contributed by atoms with Gasteiger partial charge in [-0.1, -0.05) is 35.1 Å². The molecule has 0 fully saturated rings. The second kappa shape index (κ2) is 9.81. The van der Waals surface area contributed by atoms with Gasteiger partial charge in [-0.2, -0.15) is 0 Å². The molecule has 0 bridgehead atoms. The van der Waals surface area contributed by atoms with Gasteiger partial charge in [-0.3, -0.25) is 4.79 Å². The summed E-state index contributed by atoms with van der Waals surface area (Å²) in [7, 11) is 3.40. The van der Waals surface area contributed by atoms with Crippen LogP contribution < -0.4 is 10.1 Å². The van der Waals surface area contributed by atoms with Gasteiger partial charge in [0.1, 0.15) is 5.75 Å². The van der Waals surface area contributed by atoms with Crippen molar-refractivity contribution in [2.75, 3.05) is 18.2 Å². The number of carbonyl (C=O) groups excluding carboxylic acids is 1. The Bertz CT molecular complexity index is 949. The molecule has 146 valence electrons. The number of nitrogens with zero attached hydrogens (tertiary/aromatic N) is 4. The number of halogens is 1. The molecule has 0 radical (unpaired) electrons. The van der Waals surface area contributed by atoms with E-state index in [9.17, 15) is 4.79 Å². The van der Waals surface area contributed by atoms with Crippen molar-refractivity contribution in [2.45, 2.75) is 21.4 Å². The number of aryl methyl sites for hydroxylation is 1. The number of anilines is 1. The summed E-state index contributed by atoms with van der Waals surface area (Å²) in [6, 6.07) is 13.2. The Labute approximate surface area is 176 Å². The Kier molecular flexibility index (Phi) is 7.18. The first kappa shape index (κ1) is 20.5. The molecular formula is C18H18ClN5O2S2. The van der Waals surface area contributed by atoms with Crippen LogP contribution >= 0.6 is 35.1 Å². The van der Waals surface area contributed by atoms with E-state index >= 15 is 0 Å². The zero-order valence-electron chi connectivity index (χ0n) is 15.3. The highest BCUT2D eigenvalue weighted by molar-refractivity contribution is 7.99. The number of thioether (sulfide) groups is 1. The summed E-state index contributed by atoms with van der Waals surface area (Å²) in [4.78, 5) is 14.1. The van der Waals surface area contributed by atoms with Gasteiger partial charge >= 0.3 is 0 Å². The number of benzene rings is 2. The number of nitrogens with one attached hydrogen (secondary N) is 1. The highest BCUT2D eigenvalue weighted by atomic mass is 35.5. The molecule has 28 heavy (non-hydrogen) atoms. The average Bonchev–Trinajstić information content (AvgIpc) is 3.09. The summed E-state index contributed by atoms with van der Waals surface area (Å²) < 4.78 is 6.73. The number of methoxy groups -OCH3 is 1. The third-order valence-electron chi connectivity index (χ3n) is 3.64. The van der Waals surface area contributed by atoms with E-state index in [0.717, 1.165) is 15.5 Å². The molecule has 0 aliphatic heterocycles. The minimum Gasteiger partial charge on any atom is -0.497 e. The maximum atomic E-state index is 12.1. The summed E-state index contributed by atoms with van der Waals surface area (Å²) in [6.45, 7) is 0. The Morgan fingerprint density at radius 2 is 2.04 bits per heavy atom. The number of hydrogen-bond donors (Lipinski definition) is 1. The lowest BCUT2D eigenvalue weighted by atomic mass is 10.3. The SMILES string of the molecule is COc1ccc(Sc2ccc(NC(=O)CCSc3nnnn3C)cc2Cl)cc1. The molecule has 7 nitrogen and oxygen atoms in total. The molecule has 2 aromatic carbocycles. The summed E-state index contributed by atoms with van der Waals surface area (Å²) >= 11 is 9.36. The number of rotatable bonds is 8. The standard InChI is InChI=1S/C18H18ClN5O2S2/c1-24-18(21-22-23-24)27-10-9-17(25)20-12-3-8-16(15(19)11-12)28-14-6-4-13(26-2)5-7-14/h3-8,11H,9-10H2,1-2H3,(H,20,25). The highest BCUT2D eigenvalue weighted by Gasteiger charge is 2.09. The van der Waals surface area contributed by atoms with Crippen molar-refractivity contribution in [2.24, 2.45) is 7.05 Å². The predicted molar refractivity (Wildman–Crippen MR) is 111 cm³/mol. The van der Waals surface area contributed by atoms with Crippen molar-refractivity contribution in [3.05, 3.63) is 47.5 Å². The predicted octanol–water partition coefficient (Wildman–Crippen LogP) is 4.14. The molecular weight excluding hydrogens is 418 g/mol. The van der Waals surface area contributed by atoms with Gasteiger partial charge in [-0.25, -0.2) is 4.68 Å². The molecule has 0 saturated heterocycles. The third kappa shape index (κ3) is 5.63. The molecule has 0 unspecified atom stereocenters. The summed E-state index contributed by atoms with van der Waals surface area (Å²) in [5, 5.41) is 15.3. The minimum atomic E-state index is -0.0887. The maximum Gasteiger partial charge on any atom is 0.225 e. The van der Waals surface area contributed by atoms with E-state index in [1.54, 1.807) is 36.7 Å². The van der Waals surface area contributed by atoms with E-state index < -0.39 is 0 Å². The van der Waals surface area contributed by atoms with Crippen LogP contribution in [-0.4, -0.2) is 39.0 Å². The molecule has 10 heteroatoms. The van der Waals surface area contributed by atoms with Gasteiger partial charge in [0.25, 0.3) is 0 Å². The molecule has 1 aromatic heterocycles. The van der Waals surface area contributed by atoms with Gasteiger partial charge in [0.2, 0.25) is 11.1 Å². The van der Waals surface area contributed by atoms with Gasteiger partial charge in [0, 0.05) is 34.7 Å². The topological polar surface area (TPSA) is 81.9 Å². The van der Waals surface area contributed by atoms with Crippen molar-refractivity contribution in [1.82, 2.24) is 20.2 Å². The van der Waals surface area contributed by atoms with Gasteiger partial charge in [-0.15, -0.1) is 5.10 Å². The second-order valence-electron chi connectivity index (χ2n) is 5.65. The first-order valence-electron chi connectivity index (χ1n) is 8.31. The first-order valence-corrected chi connectivity index (χ1v) is 10.5. The Balaban J connectivity index is 1.52. The van der Waals surface area contributed by atoms with Crippen LogP contribution in [0.25, 0.3) is 0 Å². The van der Waals surface area contributed by atoms with Crippen LogP contribution in [0.2, 0.25) is 5.02 Å². The smallest absolute Gasteiger partial charge is 0.225 e. The number of hydrogen-bond acceptors (Lipinski definition) is 7. The molecule has 1 amide bonds. The first-order chi connectivity index (χ1) is 13.5. The van der Waals surface area contributed by atoms with Crippen molar-refractivity contribution < 1.29 is 9.53 Å². The van der Waals surface area contributed by atoms with Gasteiger partial charge < -0.3 is 10.1 Å². The average molecular weight is 436 g/mol. The number of carbonyl (C=O) groups is 1. The summed E-state index contributed by atoms with van der Waals surface area (Å²) in [5.41, 5.74) is 0.666. The van der Waals surface area contributed by atoms with E-state index in [2.05, 4.69) is 20.8 Å². The molecule has 1 heterocycles. The molecule has 0 saturated carbocycles. The minimum absolute atomic E-state index is 0.0887. The largest absolute Gasteiger partial charge is 0.497 e. The van der Waals surface area contributed by atoms with Crippen LogP contribution in [0.4, 0.5) is 5.69 Å². The number of amides is 1. The van der Waals surface area contributed by atoms with E-state index in [-0.39, 0.29) is 5.91 Å². The number of aromatic nitrogens is 4. The van der Waals surface area contributed by atoms with Crippen LogP contribution in [-0.2, 0) is 11.8 Å². The van der Waals surface area contributed by atoms with Crippen LogP contribution in [0, 0.1) is 0 Å². The van der Waals surface area contributed by atoms with Crippen molar-refractivity contribution in [3.8, 4) is 5.75 Å². The van der Waals surface area contributed by atoms with Gasteiger partial charge in [-0.05, 0) is 52.9 Å². The zero-order valence-corrected chi connectivity index (χ0v) is 17.6. The Hall–Kier alpha value is -2.23. The van der Waals surface area contributed by atoms with Crippen molar-refractivity contribution in [1.29, 1.82) is 0 Å². The number of tetrazole rings is 1. The summed E-state index contributed by atoms with van der Waals surface area (Å²) in [5.74, 6) is 1.30. The molecule has 0 aliphatic carbocycles. The van der Waals surface area contributed by atoms with E-state index in [1.165, 1.54) is 11.8 Å². The highest BCUT2D eigenvalue weighted by Crippen LogP contribution is 2.35. The van der Waals surface area contributed by atoms with Gasteiger partial charge in [0.05, 0.1) is 12.1 Å². The molecule has 1 N–H and O–H groups in total. The molecule has 0 aliphatic rings. The fraction of sp³-hybridized carbons (Fsp3) is 0.222. The number of ether oxygens (including phenoxy) is 1. The maximum absolute atomic E-state index is 12.1. The summed E-state index contributed by atoms with van der Waals surface area (Å²) in [6.07, 6.45) is 0.345. The third-order valence-corrected chi connectivity index (χ3v) is 6.17. The fourth-order valence-electron chi connectivity index (χ4n) is 2.23. The van der Waals surface area contributed by atoms with Crippen molar-refractivity contribution in [3.63, 3.8) is 0 Å². The fourth-order valence-corrected chi connectivity index (χ4v) is 4.14. The lowest BCUT2D eigenvalue weighted by Gasteiger charge is -2.09. The van der Waals surface area contributed by atoms with Crippen LogP contribution in [0.15, 0.2) is 57.4 Å². The molecule has 3 rings (SSSR count). The normalized spacial score (nSPS) is 10.7. The lowest BCUT2D eigenvalue weighted by Crippen LogP contribution is -2.12. The quantitative estimate of drug-likeness (QED) is 0.532. The van der Waals surface area contributed by atoms with E-state index in [0.29, 0.717) is 28.0 Å². The Morgan fingerprint density at radius 3 is 2.68 bits per heavy atom. The Morgan fingerprint density at radius 1 is 1.25 bits per heavy atom. The lowest BCUT2D eigenvalue weighted by molar-refractivity contribution is -0.115. The van der Waals surface area contributed by atoms with E-state index in [4.69, 9.17) is 16.3 Å². The zero-order chi connectivity index (χ0) is 19.9. The van der Waals surface area contributed by atoms with Crippen LogP contribution in [0.3, 0.4) is 0 Å². The van der Waals surface area contributed by atoms with Crippen LogP contribution in [0.1, 0.15) is 6.42 Å². The van der Waals surface area contributed by atoms with Crippen molar-refractivity contribution >= 4 is 46.7 Å². The molecule has 3 aromatic rings. The van der Waals surface area contributed by atoms with Crippen LogP contribution in [0.5, 0.6) is 5.75 Å². The van der Waals surface area contributed by atoms with E-state index in [1.807, 2.05) is 36.4 Å². The molecule has 0 atom stereocenters.